The van der Waals surface area contributed by atoms with Gasteiger partial charge in [-0.25, -0.2) is 0 Å². The van der Waals surface area contributed by atoms with Gasteiger partial charge in [-0.15, -0.1) is 24.0 Å². The van der Waals surface area contributed by atoms with Gasteiger partial charge in [0, 0.05) is 17.8 Å². The Morgan fingerprint density at radius 1 is 1.24 bits per heavy atom. The smallest absolute Gasteiger partial charge is 0.191 e. The van der Waals surface area contributed by atoms with Crippen LogP contribution >= 0.6 is 35.7 Å². The van der Waals surface area contributed by atoms with E-state index in [0.29, 0.717) is 0 Å². The number of nitrogens with zero attached hydrogens (tertiary/aromatic N) is 2. The van der Waals surface area contributed by atoms with Gasteiger partial charge in [-0.05, 0) is 32.9 Å². The molecule has 5 heteroatoms. The number of hydrogen-bond donors (Lipinski definition) is 1. The minimum atomic E-state index is 0. The molecule has 1 aliphatic heterocycles. The molecule has 102 valence electrons. The van der Waals surface area contributed by atoms with Crippen molar-refractivity contribution in [2.75, 3.05) is 25.9 Å². The number of aliphatic imine (C=N–C) groups is 1. The van der Waals surface area contributed by atoms with Crippen LogP contribution in [0, 0.1) is 0 Å². The van der Waals surface area contributed by atoms with Crippen molar-refractivity contribution in [2.24, 2.45) is 10.7 Å². The Morgan fingerprint density at radius 3 is 2.24 bits per heavy atom. The van der Waals surface area contributed by atoms with E-state index in [2.05, 4.69) is 30.0 Å². The molecule has 0 aromatic rings. The van der Waals surface area contributed by atoms with E-state index in [1.807, 2.05) is 11.8 Å². The molecule has 17 heavy (non-hydrogen) atoms. The number of halogens is 1. The van der Waals surface area contributed by atoms with Crippen LogP contribution in [0.2, 0.25) is 0 Å². The number of rotatable bonds is 3. The van der Waals surface area contributed by atoms with Crippen molar-refractivity contribution in [3.8, 4) is 0 Å². The summed E-state index contributed by atoms with van der Waals surface area (Å²) in [6.07, 6.45) is 7.29. The van der Waals surface area contributed by atoms with E-state index in [1.165, 1.54) is 25.7 Å². The summed E-state index contributed by atoms with van der Waals surface area (Å²) in [6.45, 7) is 7.37. The maximum Gasteiger partial charge on any atom is 0.191 e. The summed E-state index contributed by atoms with van der Waals surface area (Å²) >= 11 is 1.84. The highest BCUT2D eigenvalue weighted by Crippen LogP contribution is 2.21. The number of hydrogen-bond acceptors (Lipinski definition) is 2. The molecule has 0 aromatic heterocycles. The van der Waals surface area contributed by atoms with Crippen molar-refractivity contribution >= 4 is 41.7 Å². The van der Waals surface area contributed by atoms with Gasteiger partial charge in [0.25, 0.3) is 0 Å². The molecule has 1 rings (SSSR count). The molecule has 0 spiro atoms. The van der Waals surface area contributed by atoms with Crippen LogP contribution in [-0.2, 0) is 0 Å². The van der Waals surface area contributed by atoms with Crippen molar-refractivity contribution in [3.63, 3.8) is 0 Å². The Bertz CT molecular complexity index is 236. The predicted molar refractivity (Wildman–Crippen MR) is 89.5 cm³/mol. The van der Waals surface area contributed by atoms with Crippen molar-refractivity contribution in [1.82, 2.24) is 4.90 Å². The summed E-state index contributed by atoms with van der Waals surface area (Å²) in [7, 11) is 0. The lowest BCUT2D eigenvalue weighted by molar-refractivity contribution is 0.427. The molecule has 0 aliphatic carbocycles. The molecule has 0 saturated carbocycles. The van der Waals surface area contributed by atoms with Gasteiger partial charge in [-0.1, -0.05) is 12.8 Å². The first-order chi connectivity index (χ1) is 7.55. The van der Waals surface area contributed by atoms with Crippen LogP contribution in [0.4, 0.5) is 0 Å². The van der Waals surface area contributed by atoms with Crippen LogP contribution in [0.5, 0.6) is 0 Å². The van der Waals surface area contributed by atoms with E-state index >= 15 is 0 Å². The third kappa shape index (κ3) is 6.74. The fourth-order valence-corrected chi connectivity index (χ4v) is 1.93. The Morgan fingerprint density at radius 2 is 1.76 bits per heavy atom. The highest BCUT2D eigenvalue weighted by Gasteiger charge is 2.16. The van der Waals surface area contributed by atoms with Crippen LogP contribution in [0.15, 0.2) is 4.99 Å². The van der Waals surface area contributed by atoms with E-state index in [4.69, 9.17) is 5.73 Å². The maximum atomic E-state index is 6.05. The topological polar surface area (TPSA) is 41.6 Å². The predicted octanol–water partition coefficient (Wildman–Crippen LogP) is 2.94. The molecule has 0 bridgehead atoms. The molecule has 0 unspecified atom stereocenters. The molecule has 2 N–H and O–H groups in total. The summed E-state index contributed by atoms with van der Waals surface area (Å²) < 4.78 is 0.191. The lowest BCUT2D eigenvalue weighted by Gasteiger charge is -2.24. The Hall–Kier alpha value is 0.350. The van der Waals surface area contributed by atoms with Gasteiger partial charge in [-0.2, -0.15) is 11.8 Å². The summed E-state index contributed by atoms with van der Waals surface area (Å²) in [4.78, 5) is 6.77. The largest absolute Gasteiger partial charge is 0.370 e. The molecule has 1 saturated heterocycles. The van der Waals surface area contributed by atoms with Crippen molar-refractivity contribution < 1.29 is 0 Å². The van der Waals surface area contributed by atoms with Crippen LogP contribution < -0.4 is 5.73 Å². The fraction of sp³-hybridized carbons (Fsp3) is 0.917. The number of thioether (sulfide) groups is 1. The first-order valence-electron chi connectivity index (χ1n) is 6.15. The molecule has 0 atom stereocenters. The molecule has 1 aliphatic rings. The Labute approximate surface area is 127 Å². The van der Waals surface area contributed by atoms with Gasteiger partial charge in [-0.3, -0.25) is 4.99 Å². The lowest BCUT2D eigenvalue weighted by atomic mass is 10.2. The van der Waals surface area contributed by atoms with E-state index in [9.17, 15) is 0 Å². The number of nitrogens with two attached hydrogens (primary N) is 1. The zero-order chi connectivity index (χ0) is 12.0. The third-order valence-corrected chi connectivity index (χ3v) is 4.34. The first kappa shape index (κ1) is 17.4. The molecule has 1 heterocycles. The van der Waals surface area contributed by atoms with E-state index in [0.717, 1.165) is 25.6 Å². The highest BCUT2D eigenvalue weighted by atomic mass is 127. The minimum absolute atomic E-state index is 0. The summed E-state index contributed by atoms with van der Waals surface area (Å²) in [5.41, 5.74) is 6.05. The Kier molecular flexibility index (Phi) is 8.63. The standard InChI is InChI=1S/C12H25N3S.HI/c1-12(2,16-3)10-14-11(13)15-8-6-4-5-7-9-15;/h4-10H2,1-3H3,(H2,13,14);1H. The highest BCUT2D eigenvalue weighted by molar-refractivity contribution is 14.0. The first-order valence-corrected chi connectivity index (χ1v) is 7.38. The zero-order valence-corrected chi connectivity index (χ0v) is 14.4. The van der Waals surface area contributed by atoms with E-state index < -0.39 is 0 Å². The van der Waals surface area contributed by atoms with Crippen LogP contribution in [0.25, 0.3) is 0 Å². The molecular weight excluding hydrogens is 345 g/mol. The average molecular weight is 371 g/mol. The van der Waals surface area contributed by atoms with Crippen molar-refractivity contribution in [1.29, 1.82) is 0 Å². The average Bonchev–Trinajstić information content (AvgIpc) is 2.54. The SMILES string of the molecule is CSC(C)(C)CN=C(N)N1CCCCCC1.I. The zero-order valence-electron chi connectivity index (χ0n) is 11.2. The molecule has 0 radical (unpaired) electrons. The van der Waals surface area contributed by atoms with Gasteiger partial charge in [0.1, 0.15) is 0 Å². The van der Waals surface area contributed by atoms with E-state index in [1.54, 1.807) is 0 Å². The minimum Gasteiger partial charge on any atom is -0.370 e. The number of guanidine groups is 1. The van der Waals surface area contributed by atoms with Gasteiger partial charge >= 0.3 is 0 Å². The second-order valence-corrected chi connectivity index (χ2v) is 6.55. The van der Waals surface area contributed by atoms with Crippen LogP contribution in [-0.4, -0.2) is 41.5 Å². The monoisotopic (exact) mass is 371 g/mol. The van der Waals surface area contributed by atoms with Gasteiger partial charge < -0.3 is 10.6 Å². The summed E-state index contributed by atoms with van der Waals surface area (Å²) in [6, 6.07) is 0. The van der Waals surface area contributed by atoms with Crippen LogP contribution in [0.3, 0.4) is 0 Å². The van der Waals surface area contributed by atoms with Crippen LogP contribution in [0.1, 0.15) is 39.5 Å². The normalized spacial score (nSPS) is 18.5. The third-order valence-electron chi connectivity index (χ3n) is 3.10. The molecule has 0 aromatic carbocycles. The molecular formula is C12H26IN3S. The van der Waals surface area contributed by atoms with Gasteiger partial charge in [0.2, 0.25) is 0 Å². The van der Waals surface area contributed by atoms with Crippen molar-refractivity contribution in [2.45, 2.75) is 44.3 Å². The Balaban J connectivity index is 0.00000256. The van der Waals surface area contributed by atoms with Gasteiger partial charge in [0.15, 0.2) is 5.96 Å². The molecule has 3 nitrogen and oxygen atoms in total. The quantitative estimate of drug-likeness (QED) is 0.471. The molecule has 1 fully saturated rings. The van der Waals surface area contributed by atoms with Crippen molar-refractivity contribution in [3.05, 3.63) is 0 Å². The number of likely N-dealkylation sites (tertiary alicyclic amines) is 1. The summed E-state index contributed by atoms with van der Waals surface area (Å²) in [5, 5.41) is 0. The second kappa shape index (κ2) is 8.45. The lowest BCUT2D eigenvalue weighted by Crippen LogP contribution is -2.39. The maximum absolute atomic E-state index is 6.05. The fourth-order valence-electron chi connectivity index (χ4n) is 1.74. The van der Waals surface area contributed by atoms with E-state index in [-0.39, 0.29) is 28.7 Å². The van der Waals surface area contributed by atoms with Gasteiger partial charge in [0.05, 0.1) is 6.54 Å². The molecule has 0 amide bonds. The second-order valence-electron chi connectivity index (χ2n) is 5.04. The summed E-state index contributed by atoms with van der Waals surface area (Å²) in [5.74, 6) is 0.740.